The summed E-state index contributed by atoms with van der Waals surface area (Å²) in [6.45, 7) is 4.08. The van der Waals surface area contributed by atoms with E-state index in [2.05, 4.69) is 6.58 Å². The van der Waals surface area contributed by atoms with Crippen LogP contribution in [0.4, 0.5) is 0 Å². The van der Waals surface area contributed by atoms with Gasteiger partial charge in [-0.1, -0.05) is 55.1 Å². The van der Waals surface area contributed by atoms with Crippen LogP contribution in [0.3, 0.4) is 0 Å². The number of hydrogen-bond acceptors (Lipinski definition) is 1. The van der Waals surface area contributed by atoms with Gasteiger partial charge in [0.25, 0.3) is 0 Å². The van der Waals surface area contributed by atoms with E-state index in [1.807, 2.05) is 48.5 Å². The van der Waals surface area contributed by atoms with Gasteiger partial charge in [-0.15, -0.1) is 0 Å². The molecule has 0 aliphatic heterocycles. The molecule has 3 rings (SSSR count). The fourth-order valence-electron chi connectivity index (χ4n) is 2.18. The van der Waals surface area contributed by atoms with Gasteiger partial charge in [0, 0.05) is 11.1 Å². The Labute approximate surface area is 94.0 Å². The zero-order chi connectivity index (χ0) is 11.1. The summed E-state index contributed by atoms with van der Waals surface area (Å²) < 4.78 is 0. The van der Waals surface area contributed by atoms with E-state index in [0.29, 0.717) is 0 Å². The third kappa shape index (κ3) is 1.09. The van der Waals surface area contributed by atoms with Crippen molar-refractivity contribution in [3.8, 4) is 0 Å². The van der Waals surface area contributed by atoms with E-state index in [-0.39, 0.29) is 5.78 Å². The molecule has 0 spiro atoms. The average molecular weight is 206 g/mol. The fraction of sp³-hybridized carbons (Fsp3) is 0. The smallest absolute Gasteiger partial charge is 0.194 e. The molecule has 0 saturated carbocycles. The molecule has 0 N–H and O–H groups in total. The summed E-state index contributed by atoms with van der Waals surface area (Å²) in [7, 11) is 0. The molecule has 1 heteroatoms. The van der Waals surface area contributed by atoms with Crippen LogP contribution in [0.15, 0.2) is 55.1 Å². The molecule has 2 aromatic carbocycles. The highest BCUT2D eigenvalue weighted by Gasteiger charge is 2.24. The van der Waals surface area contributed by atoms with E-state index >= 15 is 0 Å². The zero-order valence-electron chi connectivity index (χ0n) is 8.73. The first-order valence-electron chi connectivity index (χ1n) is 5.21. The van der Waals surface area contributed by atoms with Crippen LogP contribution in [0.25, 0.3) is 5.57 Å². The van der Waals surface area contributed by atoms with E-state index in [4.69, 9.17) is 0 Å². The van der Waals surface area contributed by atoms with Crippen LogP contribution in [0.5, 0.6) is 0 Å². The van der Waals surface area contributed by atoms with Crippen molar-refractivity contribution in [2.24, 2.45) is 0 Å². The third-order valence-corrected chi connectivity index (χ3v) is 2.99. The van der Waals surface area contributed by atoms with Gasteiger partial charge in [-0.3, -0.25) is 4.79 Å². The number of carbonyl (C=O) groups is 1. The second kappa shape index (κ2) is 3.17. The van der Waals surface area contributed by atoms with Crippen molar-refractivity contribution in [3.63, 3.8) is 0 Å². The second-order valence-electron chi connectivity index (χ2n) is 3.90. The van der Waals surface area contributed by atoms with Crippen LogP contribution in [0, 0.1) is 0 Å². The first kappa shape index (κ1) is 9.10. The lowest BCUT2D eigenvalue weighted by Gasteiger charge is -2.20. The van der Waals surface area contributed by atoms with Gasteiger partial charge in [-0.05, 0) is 16.7 Å². The number of hydrogen-bond donors (Lipinski definition) is 0. The van der Waals surface area contributed by atoms with Crippen LogP contribution >= 0.6 is 0 Å². The minimum atomic E-state index is 0.0959. The van der Waals surface area contributed by atoms with E-state index in [1.54, 1.807) is 0 Å². The highest BCUT2D eigenvalue weighted by Crippen LogP contribution is 2.34. The minimum Gasteiger partial charge on any atom is -0.289 e. The minimum absolute atomic E-state index is 0.0959. The van der Waals surface area contributed by atoms with E-state index < -0.39 is 0 Å². The van der Waals surface area contributed by atoms with Gasteiger partial charge in [0.05, 0.1) is 0 Å². The molecular formula is C15H10O. The highest BCUT2D eigenvalue weighted by molar-refractivity contribution is 6.18. The van der Waals surface area contributed by atoms with Crippen LogP contribution in [-0.2, 0) is 0 Å². The first-order chi connectivity index (χ1) is 7.79. The van der Waals surface area contributed by atoms with Gasteiger partial charge in [-0.2, -0.15) is 0 Å². The summed E-state index contributed by atoms with van der Waals surface area (Å²) in [5.74, 6) is 0.0959. The van der Waals surface area contributed by atoms with Crippen LogP contribution in [0.1, 0.15) is 27.0 Å². The average Bonchev–Trinajstić information content (AvgIpc) is 2.36. The molecule has 0 radical (unpaired) electrons. The summed E-state index contributed by atoms with van der Waals surface area (Å²) in [5.41, 5.74) is 4.35. The molecule has 1 aliphatic rings. The lowest BCUT2D eigenvalue weighted by Crippen LogP contribution is -2.13. The molecule has 2 aromatic rings. The molecule has 0 atom stereocenters. The predicted molar refractivity (Wildman–Crippen MR) is 64.5 cm³/mol. The Morgan fingerprint density at radius 2 is 1.06 bits per heavy atom. The summed E-state index contributed by atoms with van der Waals surface area (Å²) in [5, 5.41) is 0. The van der Waals surface area contributed by atoms with E-state index in [0.717, 1.165) is 27.8 Å². The summed E-state index contributed by atoms with van der Waals surface area (Å²) in [6, 6.07) is 15.3. The Balaban J connectivity index is 2.35. The Morgan fingerprint density at radius 3 is 1.50 bits per heavy atom. The molecule has 0 saturated heterocycles. The molecule has 1 aliphatic carbocycles. The third-order valence-electron chi connectivity index (χ3n) is 2.99. The molecule has 0 unspecified atom stereocenters. The monoisotopic (exact) mass is 206 g/mol. The zero-order valence-corrected chi connectivity index (χ0v) is 8.73. The van der Waals surface area contributed by atoms with Gasteiger partial charge in [-0.25, -0.2) is 0 Å². The van der Waals surface area contributed by atoms with Gasteiger partial charge < -0.3 is 0 Å². The largest absolute Gasteiger partial charge is 0.289 e. The first-order valence-corrected chi connectivity index (χ1v) is 5.21. The molecule has 76 valence electrons. The van der Waals surface area contributed by atoms with Crippen molar-refractivity contribution in [2.45, 2.75) is 0 Å². The summed E-state index contributed by atoms with van der Waals surface area (Å²) >= 11 is 0. The van der Waals surface area contributed by atoms with Crippen molar-refractivity contribution in [3.05, 3.63) is 77.4 Å². The number of rotatable bonds is 0. The number of fused-ring (bicyclic) bond motifs is 2. The molecule has 16 heavy (non-hydrogen) atoms. The maximum Gasteiger partial charge on any atom is 0.194 e. The summed E-state index contributed by atoms with van der Waals surface area (Å²) in [6.07, 6.45) is 0. The summed E-state index contributed by atoms with van der Waals surface area (Å²) in [4.78, 5) is 12.2. The Bertz CT molecular complexity index is 503. The van der Waals surface area contributed by atoms with Crippen molar-refractivity contribution < 1.29 is 4.79 Å². The van der Waals surface area contributed by atoms with Crippen LogP contribution in [-0.4, -0.2) is 5.78 Å². The Morgan fingerprint density at radius 1 is 0.688 bits per heavy atom. The van der Waals surface area contributed by atoms with E-state index in [1.165, 1.54) is 0 Å². The predicted octanol–water partition coefficient (Wildman–Crippen LogP) is 3.29. The molecular weight excluding hydrogens is 196 g/mol. The number of carbonyl (C=O) groups excluding carboxylic acids is 1. The Hall–Kier alpha value is -2.15. The van der Waals surface area contributed by atoms with Gasteiger partial charge in [0.1, 0.15) is 0 Å². The lowest BCUT2D eigenvalue weighted by atomic mass is 9.82. The highest BCUT2D eigenvalue weighted by atomic mass is 16.1. The normalized spacial score (nSPS) is 13.2. The fourth-order valence-corrected chi connectivity index (χ4v) is 2.18. The molecule has 0 fully saturated rings. The second-order valence-corrected chi connectivity index (χ2v) is 3.90. The van der Waals surface area contributed by atoms with Gasteiger partial charge in [0.2, 0.25) is 0 Å². The molecule has 0 heterocycles. The Kier molecular flexibility index (Phi) is 1.80. The van der Waals surface area contributed by atoms with Gasteiger partial charge in [0.15, 0.2) is 5.78 Å². The van der Waals surface area contributed by atoms with Gasteiger partial charge >= 0.3 is 0 Å². The lowest BCUT2D eigenvalue weighted by molar-refractivity contribution is 0.103. The van der Waals surface area contributed by atoms with Crippen LogP contribution in [0.2, 0.25) is 0 Å². The van der Waals surface area contributed by atoms with Crippen molar-refractivity contribution >= 4 is 11.4 Å². The topological polar surface area (TPSA) is 17.1 Å². The SMILES string of the molecule is C=C1c2ccccc2C(=O)c2ccccc21. The maximum absolute atomic E-state index is 12.2. The molecule has 0 amide bonds. The van der Waals surface area contributed by atoms with Crippen LogP contribution < -0.4 is 0 Å². The van der Waals surface area contributed by atoms with E-state index in [9.17, 15) is 4.79 Å². The number of ketones is 1. The van der Waals surface area contributed by atoms with Crippen molar-refractivity contribution in [1.29, 1.82) is 0 Å². The molecule has 1 nitrogen and oxygen atoms in total. The molecule has 0 bridgehead atoms. The molecule has 0 aromatic heterocycles. The van der Waals surface area contributed by atoms with Crippen molar-refractivity contribution in [1.82, 2.24) is 0 Å². The standard InChI is InChI=1S/C15H10O/c1-10-11-6-2-4-8-13(11)15(16)14-9-5-3-7-12(10)14/h2-9H,1H2. The van der Waals surface area contributed by atoms with Crippen molar-refractivity contribution in [2.75, 3.05) is 0 Å². The maximum atomic E-state index is 12.2. The quantitative estimate of drug-likeness (QED) is 0.551. The number of benzene rings is 2.